The van der Waals surface area contributed by atoms with Crippen LogP contribution in [-0.2, 0) is 31.2 Å². The van der Waals surface area contributed by atoms with Crippen LogP contribution < -0.4 is 5.32 Å². The monoisotopic (exact) mass is 303 g/mol. The van der Waals surface area contributed by atoms with E-state index in [1.165, 1.54) is 15.4 Å². The van der Waals surface area contributed by atoms with Crippen LogP contribution in [0.3, 0.4) is 0 Å². The van der Waals surface area contributed by atoms with Crippen molar-refractivity contribution in [2.45, 2.75) is 45.1 Å². The van der Waals surface area contributed by atoms with Gasteiger partial charge in [-0.1, -0.05) is 6.92 Å². The van der Waals surface area contributed by atoms with Gasteiger partial charge >= 0.3 is 0 Å². The summed E-state index contributed by atoms with van der Waals surface area (Å²) in [5.41, 5.74) is 2.19. The van der Waals surface area contributed by atoms with E-state index in [-0.39, 0.29) is 11.8 Å². The van der Waals surface area contributed by atoms with Gasteiger partial charge < -0.3 is 9.88 Å². The van der Waals surface area contributed by atoms with Crippen LogP contribution in [-0.4, -0.2) is 15.5 Å². The molecule has 0 fully saturated rings. The van der Waals surface area contributed by atoms with E-state index in [2.05, 4.69) is 29.4 Å². The normalized spacial score (nSPS) is 17.5. The first-order valence-electron chi connectivity index (χ1n) is 7.54. The third-order valence-corrected chi connectivity index (χ3v) is 5.38. The SMILES string of the molecule is CCc1ccc(CNC(=O)C2CCCc3c2ncn3C)s1. The van der Waals surface area contributed by atoms with Gasteiger partial charge in [-0.2, -0.15) is 0 Å². The molecule has 0 saturated carbocycles. The van der Waals surface area contributed by atoms with E-state index in [1.807, 2.05) is 17.9 Å². The average molecular weight is 303 g/mol. The number of rotatable bonds is 4. The first-order chi connectivity index (χ1) is 10.2. The Kier molecular flexibility index (Phi) is 4.10. The molecule has 2 aromatic rings. The molecule has 5 heteroatoms. The van der Waals surface area contributed by atoms with Crippen molar-refractivity contribution >= 4 is 17.2 Å². The van der Waals surface area contributed by atoms with Crippen molar-refractivity contribution in [3.05, 3.63) is 39.6 Å². The van der Waals surface area contributed by atoms with Crippen LogP contribution in [0, 0.1) is 0 Å². The van der Waals surface area contributed by atoms with Crippen LogP contribution in [0.15, 0.2) is 18.5 Å². The minimum Gasteiger partial charge on any atom is -0.351 e. The summed E-state index contributed by atoms with van der Waals surface area (Å²) in [4.78, 5) is 19.5. The van der Waals surface area contributed by atoms with Crippen molar-refractivity contribution in [3.8, 4) is 0 Å². The molecule has 3 rings (SSSR count). The Morgan fingerprint density at radius 1 is 1.48 bits per heavy atom. The zero-order valence-electron chi connectivity index (χ0n) is 12.6. The fourth-order valence-corrected chi connectivity index (χ4v) is 3.84. The number of carbonyl (C=O) groups excluding carboxylic acids is 1. The number of amides is 1. The van der Waals surface area contributed by atoms with Crippen molar-refractivity contribution < 1.29 is 4.79 Å². The quantitative estimate of drug-likeness (QED) is 0.944. The van der Waals surface area contributed by atoms with Crippen LogP contribution in [0.1, 0.15) is 46.8 Å². The molecule has 1 aliphatic carbocycles. The van der Waals surface area contributed by atoms with Gasteiger partial charge in [-0.05, 0) is 37.8 Å². The second-order valence-electron chi connectivity index (χ2n) is 5.57. The number of aryl methyl sites for hydroxylation is 2. The lowest BCUT2D eigenvalue weighted by atomic mass is 9.89. The zero-order valence-corrected chi connectivity index (χ0v) is 13.4. The van der Waals surface area contributed by atoms with Gasteiger partial charge in [-0.25, -0.2) is 4.98 Å². The Balaban J connectivity index is 1.66. The Bertz CT molecular complexity index is 644. The number of hydrogen-bond donors (Lipinski definition) is 1. The first kappa shape index (κ1) is 14.3. The molecule has 0 radical (unpaired) electrons. The second-order valence-corrected chi connectivity index (χ2v) is 6.82. The molecular formula is C16H21N3OS. The van der Waals surface area contributed by atoms with Gasteiger partial charge in [0.25, 0.3) is 0 Å². The van der Waals surface area contributed by atoms with Crippen molar-refractivity contribution in [3.63, 3.8) is 0 Å². The smallest absolute Gasteiger partial charge is 0.229 e. The molecular weight excluding hydrogens is 282 g/mol. The number of thiophene rings is 1. The number of carbonyl (C=O) groups is 1. The average Bonchev–Trinajstić information content (AvgIpc) is 3.12. The third kappa shape index (κ3) is 2.88. The summed E-state index contributed by atoms with van der Waals surface area (Å²) in [5.74, 6) is 0.0293. The van der Waals surface area contributed by atoms with E-state index >= 15 is 0 Å². The molecule has 2 aromatic heterocycles. The van der Waals surface area contributed by atoms with Gasteiger partial charge in [-0.15, -0.1) is 11.3 Å². The molecule has 21 heavy (non-hydrogen) atoms. The maximum atomic E-state index is 12.5. The summed E-state index contributed by atoms with van der Waals surface area (Å²) in [5, 5.41) is 3.08. The Labute approximate surface area is 129 Å². The molecule has 0 bridgehead atoms. The maximum Gasteiger partial charge on any atom is 0.229 e. The van der Waals surface area contributed by atoms with Crippen LogP contribution in [0.4, 0.5) is 0 Å². The Hall–Kier alpha value is -1.62. The van der Waals surface area contributed by atoms with Gasteiger partial charge in [0.1, 0.15) is 0 Å². The number of hydrogen-bond acceptors (Lipinski definition) is 3. The predicted molar refractivity (Wildman–Crippen MR) is 84.4 cm³/mol. The highest BCUT2D eigenvalue weighted by atomic mass is 32.1. The molecule has 4 nitrogen and oxygen atoms in total. The van der Waals surface area contributed by atoms with Crippen molar-refractivity contribution in [2.75, 3.05) is 0 Å². The molecule has 0 aromatic carbocycles. The van der Waals surface area contributed by atoms with Gasteiger partial charge in [0.2, 0.25) is 5.91 Å². The largest absolute Gasteiger partial charge is 0.351 e. The highest BCUT2D eigenvalue weighted by Gasteiger charge is 2.29. The molecule has 2 heterocycles. The maximum absolute atomic E-state index is 12.5. The summed E-state index contributed by atoms with van der Waals surface area (Å²) >= 11 is 1.78. The van der Waals surface area contributed by atoms with Gasteiger partial charge in [0.15, 0.2) is 0 Å². The standard InChI is InChI=1S/C16H21N3OS/c1-3-11-7-8-12(21-11)9-17-16(20)13-5-4-6-14-15(13)18-10-19(14)2/h7-8,10,13H,3-6,9H2,1-2H3,(H,17,20). The first-order valence-corrected chi connectivity index (χ1v) is 8.36. The molecule has 1 unspecified atom stereocenters. The molecule has 1 amide bonds. The summed E-state index contributed by atoms with van der Waals surface area (Å²) in [6.45, 7) is 2.78. The lowest BCUT2D eigenvalue weighted by Gasteiger charge is -2.21. The summed E-state index contributed by atoms with van der Waals surface area (Å²) in [6.07, 6.45) is 5.87. The minimum absolute atomic E-state index is 0.0828. The molecule has 1 atom stereocenters. The molecule has 1 aliphatic rings. The lowest BCUT2D eigenvalue weighted by Crippen LogP contribution is -2.31. The second kappa shape index (κ2) is 6.02. The van der Waals surface area contributed by atoms with Crippen molar-refractivity contribution in [1.82, 2.24) is 14.9 Å². The fourth-order valence-electron chi connectivity index (χ4n) is 2.94. The molecule has 1 N–H and O–H groups in total. The Morgan fingerprint density at radius 2 is 2.29 bits per heavy atom. The number of fused-ring (bicyclic) bond motifs is 1. The summed E-state index contributed by atoms with van der Waals surface area (Å²) in [6, 6.07) is 4.25. The van der Waals surface area contributed by atoms with Crippen LogP contribution >= 0.6 is 11.3 Å². The molecule has 112 valence electrons. The number of nitrogens with one attached hydrogen (secondary N) is 1. The van der Waals surface area contributed by atoms with Crippen molar-refractivity contribution in [2.24, 2.45) is 7.05 Å². The summed E-state index contributed by atoms with van der Waals surface area (Å²) < 4.78 is 2.04. The zero-order chi connectivity index (χ0) is 14.8. The molecule has 0 aliphatic heterocycles. The van der Waals surface area contributed by atoms with Gasteiger partial charge in [-0.3, -0.25) is 4.79 Å². The van der Waals surface area contributed by atoms with E-state index in [4.69, 9.17) is 0 Å². The van der Waals surface area contributed by atoms with Crippen LogP contribution in [0.25, 0.3) is 0 Å². The topological polar surface area (TPSA) is 46.9 Å². The fraction of sp³-hybridized carbons (Fsp3) is 0.500. The van der Waals surface area contributed by atoms with Crippen molar-refractivity contribution in [1.29, 1.82) is 0 Å². The third-order valence-electron chi connectivity index (χ3n) is 4.15. The van der Waals surface area contributed by atoms with E-state index < -0.39 is 0 Å². The van der Waals surface area contributed by atoms with Crippen LogP contribution in [0.2, 0.25) is 0 Å². The number of nitrogens with zero attached hydrogens (tertiary/aromatic N) is 2. The molecule has 0 spiro atoms. The van der Waals surface area contributed by atoms with E-state index in [9.17, 15) is 4.79 Å². The van der Waals surface area contributed by atoms with E-state index in [1.54, 1.807) is 11.3 Å². The Morgan fingerprint density at radius 3 is 3.05 bits per heavy atom. The van der Waals surface area contributed by atoms with Gasteiger partial charge in [0, 0.05) is 22.5 Å². The summed E-state index contributed by atoms with van der Waals surface area (Å²) in [7, 11) is 2.00. The van der Waals surface area contributed by atoms with E-state index in [0.717, 1.165) is 31.4 Å². The lowest BCUT2D eigenvalue weighted by molar-refractivity contribution is -0.123. The minimum atomic E-state index is -0.0828. The highest BCUT2D eigenvalue weighted by Crippen LogP contribution is 2.30. The van der Waals surface area contributed by atoms with Crippen LogP contribution in [0.5, 0.6) is 0 Å². The van der Waals surface area contributed by atoms with Gasteiger partial charge in [0.05, 0.1) is 24.5 Å². The molecule has 0 saturated heterocycles. The highest BCUT2D eigenvalue weighted by molar-refractivity contribution is 7.11. The number of imidazole rings is 1. The predicted octanol–water partition coefficient (Wildman–Crippen LogP) is 2.78. The van der Waals surface area contributed by atoms with E-state index in [0.29, 0.717) is 6.54 Å². The number of aromatic nitrogens is 2.